The van der Waals surface area contributed by atoms with Crippen molar-refractivity contribution < 1.29 is 17.9 Å². The number of rotatable bonds is 5. The van der Waals surface area contributed by atoms with Crippen molar-refractivity contribution in [2.75, 3.05) is 32.8 Å². The number of imidazole rings is 1. The fraction of sp³-hybridized carbons (Fsp3) is 0.409. The summed E-state index contributed by atoms with van der Waals surface area (Å²) < 4.78 is 47.5. The van der Waals surface area contributed by atoms with E-state index in [1.807, 2.05) is 31.2 Å². The van der Waals surface area contributed by atoms with Gasteiger partial charge in [-0.1, -0.05) is 12.1 Å². The number of halogens is 3. The third-order valence-electron chi connectivity index (χ3n) is 5.29. The third kappa shape index (κ3) is 4.29. The van der Waals surface area contributed by atoms with Crippen molar-refractivity contribution >= 4 is 5.65 Å². The van der Waals surface area contributed by atoms with E-state index in [9.17, 15) is 13.2 Å². The Balaban J connectivity index is 1.86. The summed E-state index contributed by atoms with van der Waals surface area (Å²) >= 11 is 0. The maximum atomic E-state index is 13.4. The summed E-state index contributed by atoms with van der Waals surface area (Å²) in [4.78, 5) is 6.97. The number of ether oxygens (including phenoxy) is 1. The molecule has 1 aromatic carbocycles. The van der Waals surface area contributed by atoms with Gasteiger partial charge in [-0.3, -0.25) is 4.90 Å². The highest BCUT2D eigenvalue weighted by molar-refractivity contribution is 5.72. The van der Waals surface area contributed by atoms with Crippen molar-refractivity contribution in [1.29, 1.82) is 0 Å². The van der Waals surface area contributed by atoms with Gasteiger partial charge in [-0.15, -0.1) is 0 Å². The van der Waals surface area contributed by atoms with E-state index in [-0.39, 0.29) is 0 Å². The van der Waals surface area contributed by atoms with Crippen LogP contribution in [0.4, 0.5) is 13.2 Å². The fourth-order valence-corrected chi connectivity index (χ4v) is 3.84. The zero-order valence-electron chi connectivity index (χ0n) is 16.9. The first kappa shape index (κ1) is 20.7. The topological polar surface area (TPSA) is 41.8 Å². The molecule has 2 aromatic heterocycles. The van der Waals surface area contributed by atoms with Crippen LogP contribution in [0.25, 0.3) is 16.9 Å². The molecule has 0 unspecified atom stereocenters. The Labute approximate surface area is 173 Å². The van der Waals surface area contributed by atoms with E-state index in [0.717, 1.165) is 56.1 Å². The first-order valence-electron chi connectivity index (χ1n) is 10.2. The number of benzene rings is 1. The molecule has 0 bridgehead atoms. The van der Waals surface area contributed by atoms with Gasteiger partial charge in [-0.25, -0.2) is 4.98 Å². The SMILES string of the molecule is CCOc1ccccc1-c1nc2ccc(C(F)(F)F)cn2c1CN1CCCNCC1. The van der Waals surface area contributed by atoms with Gasteiger partial charge in [-0.2, -0.15) is 13.2 Å². The summed E-state index contributed by atoms with van der Waals surface area (Å²) in [6.07, 6.45) is -2.26. The third-order valence-corrected chi connectivity index (χ3v) is 5.29. The first-order chi connectivity index (χ1) is 14.5. The summed E-state index contributed by atoms with van der Waals surface area (Å²) in [7, 11) is 0. The number of pyridine rings is 1. The maximum absolute atomic E-state index is 13.4. The van der Waals surface area contributed by atoms with Crippen LogP contribution in [0.3, 0.4) is 0 Å². The van der Waals surface area contributed by atoms with Gasteiger partial charge in [0.1, 0.15) is 11.4 Å². The van der Waals surface area contributed by atoms with Gasteiger partial charge in [0.25, 0.3) is 0 Å². The molecule has 160 valence electrons. The van der Waals surface area contributed by atoms with Gasteiger partial charge in [0.05, 0.1) is 23.6 Å². The van der Waals surface area contributed by atoms with Crippen molar-refractivity contribution in [3.63, 3.8) is 0 Å². The van der Waals surface area contributed by atoms with E-state index in [1.165, 1.54) is 6.07 Å². The van der Waals surface area contributed by atoms with Gasteiger partial charge in [0, 0.05) is 31.4 Å². The largest absolute Gasteiger partial charge is 0.493 e. The Morgan fingerprint density at radius 1 is 1.10 bits per heavy atom. The molecule has 5 nitrogen and oxygen atoms in total. The molecular weight excluding hydrogens is 393 g/mol. The van der Waals surface area contributed by atoms with Gasteiger partial charge in [0.2, 0.25) is 0 Å². The van der Waals surface area contributed by atoms with Crippen LogP contribution in [0.15, 0.2) is 42.6 Å². The molecule has 8 heteroatoms. The second kappa shape index (κ2) is 8.65. The fourth-order valence-electron chi connectivity index (χ4n) is 3.84. The predicted molar refractivity (Wildman–Crippen MR) is 110 cm³/mol. The number of para-hydroxylation sites is 1. The lowest BCUT2D eigenvalue weighted by Gasteiger charge is -2.20. The number of aromatic nitrogens is 2. The molecule has 0 aliphatic carbocycles. The highest BCUT2D eigenvalue weighted by Crippen LogP contribution is 2.35. The Kier molecular flexibility index (Phi) is 5.97. The molecule has 3 heterocycles. The Morgan fingerprint density at radius 3 is 2.73 bits per heavy atom. The molecule has 1 N–H and O–H groups in total. The summed E-state index contributed by atoms with van der Waals surface area (Å²) in [5, 5.41) is 3.36. The summed E-state index contributed by atoms with van der Waals surface area (Å²) in [6.45, 7) is 6.43. The summed E-state index contributed by atoms with van der Waals surface area (Å²) in [6, 6.07) is 10.1. The average Bonchev–Trinajstić information content (AvgIpc) is 2.88. The maximum Gasteiger partial charge on any atom is 0.417 e. The van der Waals surface area contributed by atoms with Crippen molar-refractivity contribution in [2.24, 2.45) is 0 Å². The minimum Gasteiger partial charge on any atom is -0.493 e. The van der Waals surface area contributed by atoms with Crippen LogP contribution >= 0.6 is 0 Å². The highest BCUT2D eigenvalue weighted by atomic mass is 19.4. The highest BCUT2D eigenvalue weighted by Gasteiger charge is 2.31. The van der Waals surface area contributed by atoms with Crippen molar-refractivity contribution in [3.8, 4) is 17.0 Å². The van der Waals surface area contributed by atoms with Gasteiger partial charge in [0.15, 0.2) is 0 Å². The molecule has 1 saturated heterocycles. The number of alkyl halides is 3. The van der Waals surface area contributed by atoms with Gasteiger partial charge in [-0.05, 0) is 50.7 Å². The molecular formula is C22H25F3N4O. The zero-order chi connectivity index (χ0) is 21.1. The molecule has 0 amide bonds. The van der Waals surface area contributed by atoms with Crippen molar-refractivity contribution in [1.82, 2.24) is 19.6 Å². The quantitative estimate of drug-likeness (QED) is 0.674. The molecule has 1 aliphatic heterocycles. The molecule has 0 spiro atoms. The van der Waals surface area contributed by atoms with E-state index in [2.05, 4.69) is 10.2 Å². The normalized spacial score (nSPS) is 16.0. The van der Waals surface area contributed by atoms with Crippen LogP contribution in [0.1, 0.15) is 24.6 Å². The predicted octanol–water partition coefficient (Wildman–Crippen LogP) is 4.21. The second-order valence-corrected chi connectivity index (χ2v) is 7.36. The van der Waals surface area contributed by atoms with E-state index >= 15 is 0 Å². The second-order valence-electron chi connectivity index (χ2n) is 7.36. The Hall–Kier alpha value is -2.58. The number of hydrogen-bond acceptors (Lipinski definition) is 4. The lowest BCUT2D eigenvalue weighted by molar-refractivity contribution is -0.137. The molecule has 3 aromatic rings. The smallest absolute Gasteiger partial charge is 0.417 e. The Bertz CT molecular complexity index is 1010. The van der Waals surface area contributed by atoms with Gasteiger partial charge < -0.3 is 14.5 Å². The average molecular weight is 418 g/mol. The lowest BCUT2D eigenvalue weighted by atomic mass is 10.1. The summed E-state index contributed by atoms with van der Waals surface area (Å²) in [5.41, 5.74) is 2.00. The standard InChI is InChI=1S/C22H25F3N4O/c1-2-30-19-7-4-3-6-17(19)21-18(15-28-12-5-10-26-11-13-28)29-14-16(22(23,24)25)8-9-20(29)27-21/h3-4,6-9,14,26H,2,5,10-13,15H2,1H3. The molecule has 0 atom stereocenters. The minimum absolute atomic E-state index is 0.493. The van der Waals surface area contributed by atoms with Crippen LogP contribution in [0.2, 0.25) is 0 Å². The number of fused-ring (bicyclic) bond motifs is 1. The van der Waals surface area contributed by atoms with E-state index < -0.39 is 11.7 Å². The van der Waals surface area contributed by atoms with Crippen LogP contribution in [0.5, 0.6) is 5.75 Å². The van der Waals surface area contributed by atoms with E-state index in [1.54, 1.807) is 4.40 Å². The van der Waals surface area contributed by atoms with E-state index in [4.69, 9.17) is 9.72 Å². The number of nitrogens with zero attached hydrogens (tertiary/aromatic N) is 3. The molecule has 0 saturated carbocycles. The molecule has 4 rings (SSSR count). The van der Waals surface area contributed by atoms with E-state index in [0.29, 0.717) is 30.2 Å². The van der Waals surface area contributed by atoms with Crippen molar-refractivity contribution in [2.45, 2.75) is 26.1 Å². The van der Waals surface area contributed by atoms with Crippen molar-refractivity contribution in [3.05, 3.63) is 53.9 Å². The molecule has 1 fully saturated rings. The zero-order valence-corrected chi connectivity index (χ0v) is 16.9. The Morgan fingerprint density at radius 2 is 1.93 bits per heavy atom. The molecule has 30 heavy (non-hydrogen) atoms. The molecule has 0 radical (unpaired) electrons. The van der Waals surface area contributed by atoms with Crippen LogP contribution in [0, 0.1) is 0 Å². The first-order valence-corrected chi connectivity index (χ1v) is 10.2. The van der Waals surface area contributed by atoms with Gasteiger partial charge >= 0.3 is 6.18 Å². The lowest BCUT2D eigenvalue weighted by Crippen LogP contribution is -2.28. The van der Waals surface area contributed by atoms with Crippen LogP contribution in [-0.2, 0) is 12.7 Å². The number of hydrogen-bond donors (Lipinski definition) is 1. The van der Waals surface area contributed by atoms with Crippen LogP contribution < -0.4 is 10.1 Å². The van der Waals surface area contributed by atoms with Crippen LogP contribution in [-0.4, -0.2) is 47.1 Å². The summed E-state index contributed by atoms with van der Waals surface area (Å²) in [5.74, 6) is 0.679. The monoisotopic (exact) mass is 418 g/mol. The molecule has 1 aliphatic rings. The minimum atomic E-state index is -4.41. The number of nitrogens with one attached hydrogen (secondary N) is 1.